The van der Waals surface area contributed by atoms with Gasteiger partial charge in [0.1, 0.15) is 4.08 Å². The first kappa shape index (κ1) is 12.8. The molecule has 0 spiro atoms. The standard InChI is InChI=1S/C11H15S2/c1-4-7-8-9-10-13-11(12,5-2)6-3/h2H,4,6-7,10H2,1,3H3. The van der Waals surface area contributed by atoms with Gasteiger partial charge < -0.3 is 0 Å². The average molecular weight is 211 g/mol. The predicted octanol–water partition coefficient (Wildman–Crippen LogP) is 3.46. The minimum atomic E-state index is -0.444. The van der Waals surface area contributed by atoms with Gasteiger partial charge in [-0.3, -0.25) is 0 Å². The third kappa shape index (κ3) is 5.97. The normalized spacial score (nSPS) is 13.7. The lowest BCUT2D eigenvalue weighted by molar-refractivity contribution is 0.953. The highest BCUT2D eigenvalue weighted by Gasteiger charge is 2.20. The van der Waals surface area contributed by atoms with E-state index in [9.17, 15) is 0 Å². The molecule has 0 rings (SSSR count). The summed E-state index contributed by atoms with van der Waals surface area (Å²) in [6, 6.07) is 0. The Morgan fingerprint density at radius 3 is 2.54 bits per heavy atom. The molecule has 0 aromatic heterocycles. The van der Waals surface area contributed by atoms with Gasteiger partial charge in [0.05, 0.1) is 5.75 Å². The van der Waals surface area contributed by atoms with Gasteiger partial charge in [-0.2, -0.15) is 0 Å². The van der Waals surface area contributed by atoms with Crippen molar-refractivity contribution in [1.82, 2.24) is 0 Å². The van der Waals surface area contributed by atoms with Gasteiger partial charge in [0, 0.05) is 6.42 Å². The molecule has 0 saturated heterocycles. The quantitative estimate of drug-likeness (QED) is 0.642. The highest BCUT2D eigenvalue weighted by atomic mass is 32.2. The molecule has 13 heavy (non-hydrogen) atoms. The zero-order chi connectivity index (χ0) is 10.2. The summed E-state index contributed by atoms with van der Waals surface area (Å²) in [7, 11) is 0. The minimum Gasteiger partial charge on any atom is -0.118 e. The van der Waals surface area contributed by atoms with E-state index >= 15 is 0 Å². The average Bonchev–Trinajstić information content (AvgIpc) is 2.17. The van der Waals surface area contributed by atoms with Crippen LogP contribution in [0.5, 0.6) is 0 Å². The molecule has 71 valence electrons. The Morgan fingerprint density at radius 2 is 2.08 bits per heavy atom. The first-order valence-electron chi connectivity index (χ1n) is 4.46. The largest absolute Gasteiger partial charge is 0.132 e. The molecule has 0 N–H and O–H groups in total. The van der Waals surface area contributed by atoms with Crippen molar-refractivity contribution in [1.29, 1.82) is 0 Å². The van der Waals surface area contributed by atoms with Gasteiger partial charge in [0.15, 0.2) is 0 Å². The molecule has 0 aliphatic heterocycles. The lowest BCUT2D eigenvalue weighted by atomic mass is 10.3. The lowest BCUT2D eigenvalue weighted by Gasteiger charge is -2.16. The summed E-state index contributed by atoms with van der Waals surface area (Å²) in [4.78, 5) is 0. The fraction of sp³-hybridized carbons (Fsp3) is 0.636. The van der Waals surface area contributed by atoms with Gasteiger partial charge in [-0.1, -0.05) is 38.3 Å². The van der Waals surface area contributed by atoms with Crippen LogP contribution in [0.3, 0.4) is 0 Å². The molecule has 0 aromatic carbocycles. The maximum atomic E-state index is 5.34. The Morgan fingerprint density at radius 1 is 1.38 bits per heavy atom. The first-order chi connectivity index (χ1) is 6.18. The van der Waals surface area contributed by atoms with Gasteiger partial charge >= 0.3 is 0 Å². The molecule has 0 bridgehead atoms. The highest BCUT2D eigenvalue weighted by Crippen LogP contribution is 2.31. The zero-order valence-electron chi connectivity index (χ0n) is 8.22. The molecule has 0 saturated carbocycles. The summed E-state index contributed by atoms with van der Waals surface area (Å²) < 4.78 is -0.444. The van der Waals surface area contributed by atoms with E-state index in [1.54, 1.807) is 11.8 Å². The van der Waals surface area contributed by atoms with E-state index < -0.39 is 4.08 Å². The monoisotopic (exact) mass is 211 g/mol. The minimum absolute atomic E-state index is 0.444. The molecular formula is C11H15S2. The third-order valence-electron chi connectivity index (χ3n) is 1.56. The maximum absolute atomic E-state index is 5.34. The fourth-order valence-corrected chi connectivity index (χ4v) is 1.53. The molecule has 0 fully saturated rings. The molecule has 0 heterocycles. The number of thioether (sulfide) groups is 1. The molecule has 1 radical (unpaired) electrons. The fourth-order valence-electron chi connectivity index (χ4n) is 0.663. The van der Waals surface area contributed by atoms with Crippen LogP contribution in [0.1, 0.15) is 33.1 Å². The van der Waals surface area contributed by atoms with E-state index in [1.165, 1.54) is 0 Å². The van der Waals surface area contributed by atoms with Gasteiger partial charge in [0.25, 0.3) is 0 Å². The van der Waals surface area contributed by atoms with Gasteiger partial charge in [-0.15, -0.1) is 24.1 Å². The second kappa shape index (κ2) is 7.25. The van der Waals surface area contributed by atoms with Gasteiger partial charge in [0.2, 0.25) is 0 Å². The van der Waals surface area contributed by atoms with Crippen LogP contribution in [0.15, 0.2) is 0 Å². The molecule has 0 aromatic rings. The van der Waals surface area contributed by atoms with Gasteiger partial charge in [-0.25, -0.2) is 0 Å². The topological polar surface area (TPSA) is 0 Å². The Labute approximate surface area is 91.7 Å². The van der Waals surface area contributed by atoms with Crippen LogP contribution in [0.2, 0.25) is 0 Å². The molecule has 1 atom stereocenters. The van der Waals surface area contributed by atoms with E-state index in [4.69, 9.17) is 19.1 Å². The molecule has 0 amide bonds. The van der Waals surface area contributed by atoms with Crippen molar-refractivity contribution in [2.45, 2.75) is 37.2 Å². The number of unbranched alkanes of at least 4 members (excludes halogenated alkanes) is 1. The SMILES string of the molecule is C#CC([S])(CC)SCC#CCCC. The van der Waals surface area contributed by atoms with Crippen molar-refractivity contribution in [2.24, 2.45) is 0 Å². The van der Waals surface area contributed by atoms with Crippen molar-refractivity contribution >= 4 is 24.4 Å². The van der Waals surface area contributed by atoms with E-state index in [-0.39, 0.29) is 0 Å². The second-order valence-corrected chi connectivity index (χ2v) is 4.87. The number of hydrogen-bond donors (Lipinski definition) is 0. The summed E-state index contributed by atoms with van der Waals surface area (Å²) >= 11 is 6.82. The number of rotatable bonds is 4. The van der Waals surface area contributed by atoms with Crippen molar-refractivity contribution < 1.29 is 0 Å². The van der Waals surface area contributed by atoms with Crippen LogP contribution in [0.4, 0.5) is 0 Å². The molecule has 2 heteroatoms. The van der Waals surface area contributed by atoms with Crippen molar-refractivity contribution in [3.05, 3.63) is 0 Å². The summed E-state index contributed by atoms with van der Waals surface area (Å²) in [6.07, 6.45) is 8.23. The highest BCUT2D eigenvalue weighted by molar-refractivity contribution is 8.12. The zero-order valence-corrected chi connectivity index (χ0v) is 9.86. The Balaban J connectivity index is 3.77. The molecule has 1 unspecified atom stereocenters. The maximum Gasteiger partial charge on any atom is 0.132 e. The molecule has 0 aliphatic rings. The van der Waals surface area contributed by atoms with E-state index in [0.717, 1.165) is 25.0 Å². The molecule has 0 aliphatic carbocycles. The Hall–Kier alpha value is -0.180. The molecular weight excluding hydrogens is 196 g/mol. The van der Waals surface area contributed by atoms with E-state index in [1.807, 2.05) is 6.92 Å². The van der Waals surface area contributed by atoms with E-state index in [2.05, 4.69) is 24.7 Å². The number of hydrogen-bond acceptors (Lipinski definition) is 1. The van der Waals surface area contributed by atoms with Crippen LogP contribution in [-0.4, -0.2) is 9.83 Å². The Bertz CT molecular complexity index is 229. The van der Waals surface area contributed by atoms with Gasteiger partial charge in [-0.05, 0) is 12.8 Å². The van der Waals surface area contributed by atoms with E-state index in [0.29, 0.717) is 0 Å². The van der Waals surface area contributed by atoms with Crippen LogP contribution in [0.25, 0.3) is 0 Å². The smallest absolute Gasteiger partial charge is 0.118 e. The van der Waals surface area contributed by atoms with Crippen LogP contribution < -0.4 is 0 Å². The summed E-state index contributed by atoms with van der Waals surface area (Å²) in [5.74, 6) is 9.51. The van der Waals surface area contributed by atoms with Crippen molar-refractivity contribution in [3.8, 4) is 24.2 Å². The van der Waals surface area contributed by atoms with Crippen molar-refractivity contribution in [3.63, 3.8) is 0 Å². The molecule has 0 nitrogen and oxygen atoms in total. The van der Waals surface area contributed by atoms with Crippen molar-refractivity contribution in [2.75, 3.05) is 5.75 Å². The first-order valence-corrected chi connectivity index (χ1v) is 5.85. The summed E-state index contributed by atoms with van der Waals surface area (Å²) in [5, 5.41) is 0. The predicted molar refractivity (Wildman–Crippen MR) is 64.6 cm³/mol. The number of terminal acetylenes is 1. The second-order valence-electron chi connectivity index (χ2n) is 2.64. The van der Waals surface area contributed by atoms with Crippen LogP contribution in [0, 0.1) is 24.2 Å². The lowest BCUT2D eigenvalue weighted by Crippen LogP contribution is -2.12. The van der Waals surface area contributed by atoms with Crippen LogP contribution in [-0.2, 0) is 0 Å². The summed E-state index contributed by atoms with van der Waals surface area (Å²) in [5.41, 5.74) is 0. The van der Waals surface area contributed by atoms with Crippen LogP contribution >= 0.6 is 24.4 Å². The summed E-state index contributed by atoms with van der Waals surface area (Å²) in [6.45, 7) is 4.13. The Kier molecular flexibility index (Phi) is 7.14. The third-order valence-corrected chi connectivity index (χ3v) is 3.48.